The minimum absolute atomic E-state index is 0.104. The third kappa shape index (κ3) is 3.59. The molecule has 0 bridgehead atoms. The van der Waals surface area contributed by atoms with Crippen molar-refractivity contribution in [3.8, 4) is 5.75 Å². The molecule has 0 aliphatic rings. The van der Waals surface area contributed by atoms with E-state index in [9.17, 15) is 4.79 Å². The smallest absolute Gasteiger partial charge is 0.260 e. The summed E-state index contributed by atoms with van der Waals surface area (Å²) >= 11 is 0. The molecule has 3 rings (SSSR count). The lowest BCUT2D eigenvalue weighted by Gasteiger charge is -2.15. The van der Waals surface area contributed by atoms with Gasteiger partial charge in [-0.3, -0.25) is 4.79 Å². The van der Waals surface area contributed by atoms with Crippen molar-refractivity contribution in [3.63, 3.8) is 0 Å². The zero-order valence-corrected chi connectivity index (χ0v) is 14.0. The van der Waals surface area contributed by atoms with E-state index in [4.69, 9.17) is 4.74 Å². The topological polar surface area (TPSA) is 43.3 Å². The van der Waals surface area contributed by atoms with Gasteiger partial charge in [0.05, 0.1) is 0 Å². The highest BCUT2D eigenvalue weighted by molar-refractivity contribution is 5.82. The SMILES string of the molecule is Cc1cc2ccccc2n1CCNC(=O)[C@H](C)Oc1ccccc1. The Kier molecular flexibility index (Phi) is 4.85. The molecule has 24 heavy (non-hydrogen) atoms. The molecule has 0 aliphatic heterocycles. The number of carbonyl (C=O) groups excluding carboxylic acids is 1. The number of amides is 1. The molecule has 1 aromatic heterocycles. The second-order valence-electron chi connectivity index (χ2n) is 5.86. The van der Waals surface area contributed by atoms with Gasteiger partial charge in [-0.15, -0.1) is 0 Å². The van der Waals surface area contributed by atoms with Gasteiger partial charge in [0.1, 0.15) is 5.75 Å². The number of para-hydroxylation sites is 2. The molecule has 124 valence electrons. The minimum Gasteiger partial charge on any atom is -0.481 e. The Morgan fingerprint density at radius 1 is 1.12 bits per heavy atom. The zero-order chi connectivity index (χ0) is 16.9. The molecule has 1 amide bonds. The van der Waals surface area contributed by atoms with Crippen molar-refractivity contribution < 1.29 is 9.53 Å². The van der Waals surface area contributed by atoms with E-state index in [0.29, 0.717) is 12.3 Å². The Morgan fingerprint density at radius 3 is 2.62 bits per heavy atom. The Bertz CT molecular complexity index is 824. The van der Waals surface area contributed by atoms with E-state index in [2.05, 4.69) is 35.0 Å². The maximum atomic E-state index is 12.2. The summed E-state index contributed by atoms with van der Waals surface area (Å²) in [5.41, 5.74) is 2.39. The van der Waals surface area contributed by atoms with Gasteiger partial charge in [-0.25, -0.2) is 0 Å². The van der Waals surface area contributed by atoms with Crippen LogP contribution in [0, 0.1) is 6.92 Å². The van der Waals surface area contributed by atoms with Gasteiger partial charge in [-0.1, -0.05) is 36.4 Å². The molecule has 0 unspecified atom stereocenters. The molecule has 4 heteroatoms. The minimum atomic E-state index is -0.519. The van der Waals surface area contributed by atoms with Crippen LogP contribution in [0.3, 0.4) is 0 Å². The van der Waals surface area contributed by atoms with Gasteiger partial charge < -0.3 is 14.6 Å². The van der Waals surface area contributed by atoms with E-state index in [0.717, 1.165) is 6.54 Å². The second-order valence-corrected chi connectivity index (χ2v) is 5.86. The summed E-state index contributed by atoms with van der Waals surface area (Å²) in [6.07, 6.45) is -0.519. The van der Waals surface area contributed by atoms with Crippen LogP contribution in [0.15, 0.2) is 60.7 Å². The highest BCUT2D eigenvalue weighted by Crippen LogP contribution is 2.18. The second kappa shape index (κ2) is 7.21. The molecule has 4 nitrogen and oxygen atoms in total. The third-order valence-electron chi connectivity index (χ3n) is 4.08. The molecule has 1 heterocycles. The lowest BCUT2D eigenvalue weighted by Crippen LogP contribution is -2.38. The van der Waals surface area contributed by atoms with E-state index in [1.165, 1.54) is 16.6 Å². The van der Waals surface area contributed by atoms with Crippen LogP contribution in [-0.2, 0) is 11.3 Å². The summed E-state index contributed by atoms with van der Waals surface area (Å²) < 4.78 is 7.86. The lowest BCUT2D eigenvalue weighted by atomic mass is 10.2. The van der Waals surface area contributed by atoms with Gasteiger partial charge >= 0.3 is 0 Å². The Morgan fingerprint density at radius 2 is 1.83 bits per heavy atom. The predicted molar refractivity (Wildman–Crippen MR) is 96.2 cm³/mol. The number of rotatable bonds is 6. The number of hydrogen-bond acceptors (Lipinski definition) is 2. The molecule has 0 fully saturated rings. The first kappa shape index (κ1) is 16.1. The summed E-state index contributed by atoms with van der Waals surface area (Å²) in [7, 11) is 0. The van der Waals surface area contributed by atoms with Crippen LogP contribution < -0.4 is 10.1 Å². The van der Waals surface area contributed by atoms with Crippen molar-refractivity contribution in [1.29, 1.82) is 0 Å². The summed E-state index contributed by atoms with van der Waals surface area (Å²) in [5, 5.41) is 4.17. The highest BCUT2D eigenvalue weighted by atomic mass is 16.5. The van der Waals surface area contributed by atoms with Crippen LogP contribution in [0.2, 0.25) is 0 Å². The zero-order valence-electron chi connectivity index (χ0n) is 14.0. The lowest BCUT2D eigenvalue weighted by molar-refractivity contribution is -0.127. The Balaban J connectivity index is 1.55. The number of aromatic nitrogens is 1. The standard InChI is InChI=1S/C20H22N2O2/c1-15-14-17-8-6-7-11-19(17)22(15)13-12-21-20(23)16(2)24-18-9-4-3-5-10-18/h3-11,14,16H,12-13H2,1-2H3,(H,21,23)/t16-/m0/s1. The van der Waals surface area contributed by atoms with Crippen LogP contribution in [-0.4, -0.2) is 23.1 Å². The van der Waals surface area contributed by atoms with E-state index < -0.39 is 6.10 Å². The van der Waals surface area contributed by atoms with E-state index in [1.54, 1.807) is 6.92 Å². The predicted octanol–water partition coefficient (Wildman–Crippen LogP) is 3.53. The van der Waals surface area contributed by atoms with Gasteiger partial charge in [0, 0.05) is 24.3 Å². The number of carbonyl (C=O) groups is 1. The van der Waals surface area contributed by atoms with Crippen LogP contribution in [0.4, 0.5) is 0 Å². The largest absolute Gasteiger partial charge is 0.481 e. The third-order valence-corrected chi connectivity index (χ3v) is 4.08. The molecule has 1 N–H and O–H groups in total. The van der Waals surface area contributed by atoms with Crippen molar-refractivity contribution in [2.75, 3.05) is 6.54 Å². The average Bonchev–Trinajstić information content (AvgIpc) is 2.91. The number of benzene rings is 2. The fourth-order valence-electron chi connectivity index (χ4n) is 2.84. The average molecular weight is 322 g/mol. The molecular weight excluding hydrogens is 300 g/mol. The number of hydrogen-bond donors (Lipinski definition) is 1. The fraction of sp³-hybridized carbons (Fsp3) is 0.250. The maximum absolute atomic E-state index is 12.2. The van der Waals surface area contributed by atoms with Gasteiger partial charge in [-0.05, 0) is 43.5 Å². The molecule has 2 aromatic carbocycles. The van der Waals surface area contributed by atoms with Crippen molar-refractivity contribution in [2.45, 2.75) is 26.5 Å². The number of fused-ring (bicyclic) bond motifs is 1. The summed E-state index contributed by atoms with van der Waals surface area (Å²) in [6, 6.07) is 19.8. The van der Waals surface area contributed by atoms with Crippen molar-refractivity contribution in [1.82, 2.24) is 9.88 Å². The molecule has 0 saturated carbocycles. The van der Waals surface area contributed by atoms with Crippen molar-refractivity contribution in [2.24, 2.45) is 0 Å². The molecule has 0 saturated heterocycles. The molecular formula is C20H22N2O2. The summed E-state index contributed by atoms with van der Waals surface area (Å²) in [5.74, 6) is 0.598. The van der Waals surface area contributed by atoms with Crippen molar-refractivity contribution >= 4 is 16.8 Å². The Labute approximate surface area is 142 Å². The van der Waals surface area contributed by atoms with Gasteiger partial charge in [0.25, 0.3) is 5.91 Å². The first-order chi connectivity index (χ1) is 11.6. The van der Waals surface area contributed by atoms with Crippen molar-refractivity contribution in [3.05, 3.63) is 66.4 Å². The van der Waals surface area contributed by atoms with Crippen LogP contribution in [0.5, 0.6) is 5.75 Å². The molecule has 1 atom stereocenters. The maximum Gasteiger partial charge on any atom is 0.260 e. The van der Waals surface area contributed by atoms with Crippen LogP contribution in [0.1, 0.15) is 12.6 Å². The molecule has 3 aromatic rings. The van der Waals surface area contributed by atoms with E-state index >= 15 is 0 Å². The number of ether oxygens (including phenoxy) is 1. The normalized spacial score (nSPS) is 12.1. The molecule has 0 spiro atoms. The van der Waals surface area contributed by atoms with Crippen LogP contribution in [0.25, 0.3) is 10.9 Å². The first-order valence-corrected chi connectivity index (χ1v) is 8.19. The number of aryl methyl sites for hydroxylation is 1. The fourth-order valence-corrected chi connectivity index (χ4v) is 2.84. The molecule has 0 aliphatic carbocycles. The number of nitrogens with zero attached hydrogens (tertiary/aromatic N) is 1. The van der Waals surface area contributed by atoms with Gasteiger partial charge in [0.2, 0.25) is 0 Å². The van der Waals surface area contributed by atoms with E-state index in [1.807, 2.05) is 42.5 Å². The molecule has 0 radical (unpaired) electrons. The quantitative estimate of drug-likeness (QED) is 0.754. The van der Waals surface area contributed by atoms with E-state index in [-0.39, 0.29) is 5.91 Å². The van der Waals surface area contributed by atoms with Gasteiger partial charge in [0.15, 0.2) is 6.10 Å². The monoisotopic (exact) mass is 322 g/mol. The summed E-state index contributed by atoms with van der Waals surface area (Å²) in [6.45, 7) is 5.16. The Hall–Kier alpha value is -2.75. The summed E-state index contributed by atoms with van der Waals surface area (Å²) in [4.78, 5) is 12.2. The first-order valence-electron chi connectivity index (χ1n) is 8.19. The highest BCUT2D eigenvalue weighted by Gasteiger charge is 2.14. The van der Waals surface area contributed by atoms with Crippen LogP contribution >= 0.6 is 0 Å². The number of nitrogens with one attached hydrogen (secondary N) is 1. The van der Waals surface area contributed by atoms with Gasteiger partial charge in [-0.2, -0.15) is 0 Å².